The Kier molecular flexibility index (Phi) is 4.00. The van der Waals surface area contributed by atoms with Gasteiger partial charge in [0.15, 0.2) is 4.96 Å². The molecule has 0 bridgehead atoms. The number of carbonyl (C=O) groups is 1. The zero-order valence-corrected chi connectivity index (χ0v) is 14.0. The molecule has 118 valence electrons. The molecule has 1 amide bonds. The summed E-state index contributed by atoms with van der Waals surface area (Å²) in [6, 6.07) is 7.62. The molecule has 6 heteroatoms. The second-order valence-corrected chi connectivity index (χ2v) is 6.54. The van der Waals surface area contributed by atoms with E-state index in [1.165, 1.54) is 27.5 Å². The summed E-state index contributed by atoms with van der Waals surface area (Å²) in [5, 5.41) is 4.60. The molecule has 0 atom stereocenters. The number of carbonyl (C=O) groups excluding carboxylic acids is 1. The zero-order chi connectivity index (χ0) is 16.6. The van der Waals surface area contributed by atoms with Crippen LogP contribution in [0.2, 0.25) is 0 Å². The van der Waals surface area contributed by atoms with Gasteiger partial charge in [-0.15, -0.1) is 11.3 Å². The molecule has 0 aliphatic heterocycles. The molecule has 3 aromatic rings. The van der Waals surface area contributed by atoms with Gasteiger partial charge in [-0.25, -0.2) is 4.98 Å². The maximum atomic E-state index is 12.5. The van der Waals surface area contributed by atoms with Crippen molar-refractivity contribution in [3.05, 3.63) is 63.0 Å². The first-order chi connectivity index (χ1) is 11.0. The number of thiazole rings is 1. The van der Waals surface area contributed by atoms with Crippen LogP contribution >= 0.6 is 11.3 Å². The average molecular weight is 327 g/mol. The van der Waals surface area contributed by atoms with E-state index in [0.717, 1.165) is 5.69 Å². The standard InChI is InChI=1S/C17H17N3O2S/c1-10(2)12-4-6-13(7-5-12)19-15(21)14-8-18-17-20(16(14)22)11(3)9-23-17/h4-10H,1-3H3,(H,19,21). The van der Waals surface area contributed by atoms with E-state index in [0.29, 0.717) is 16.6 Å². The van der Waals surface area contributed by atoms with Crippen LogP contribution in [0, 0.1) is 6.92 Å². The van der Waals surface area contributed by atoms with Gasteiger partial charge in [-0.3, -0.25) is 14.0 Å². The number of hydrogen-bond acceptors (Lipinski definition) is 4. The summed E-state index contributed by atoms with van der Waals surface area (Å²) in [4.78, 5) is 29.6. The highest BCUT2D eigenvalue weighted by molar-refractivity contribution is 7.15. The molecule has 0 fully saturated rings. The summed E-state index contributed by atoms with van der Waals surface area (Å²) < 4.78 is 1.46. The van der Waals surface area contributed by atoms with Crippen molar-refractivity contribution >= 4 is 27.9 Å². The Morgan fingerprint density at radius 3 is 2.61 bits per heavy atom. The number of rotatable bonds is 3. The predicted octanol–water partition coefficient (Wildman–Crippen LogP) is 3.44. The Bertz CT molecular complexity index is 923. The Hall–Kier alpha value is -2.47. The maximum absolute atomic E-state index is 12.5. The summed E-state index contributed by atoms with van der Waals surface area (Å²) in [6.07, 6.45) is 1.34. The monoisotopic (exact) mass is 327 g/mol. The molecular formula is C17H17N3O2S. The molecule has 2 aromatic heterocycles. The van der Waals surface area contributed by atoms with Crippen molar-refractivity contribution in [2.45, 2.75) is 26.7 Å². The minimum atomic E-state index is -0.445. The number of aryl methyl sites for hydroxylation is 1. The lowest BCUT2D eigenvalue weighted by atomic mass is 10.0. The van der Waals surface area contributed by atoms with Gasteiger partial charge in [0.1, 0.15) is 5.56 Å². The van der Waals surface area contributed by atoms with E-state index < -0.39 is 5.91 Å². The quantitative estimate of drug-likeness (QED) is 0.801. The lowest BCUT2D eigenvalue weighted by molar-refractivity contribution is 0.102. The summed E-state index contributed by atoms with van der Waals surface area (Å²) in [5.74, 6) is -0.0163. The lowest BCUT2D eigenvalue weighted by Gasteiger charge is -2.08. The van der Waals surface area contributed by atoms with Gasteiger partial charge < -0.3 is 5.32 Å². The van der Waals surface area contributed by atoms with Crippen LogP contribution in [-0.2, 0) is 0 Å². The van der Waals surface area contributed by atoms with Gasteiger partial charge in [-0.2, -0.15) is 0 Å². The van der Waals surface area contributed by atoms with Crippen molar-refractivity contribution in [3.8, 4) is 0 Å². The van der Waals surface area contributed by atoms with E-state index >= 15 is 0 Å². The molecule has 0 spiro atoms. The molecule has 0 unspecified atom stereocenters. The number of amides is 1. The van der Waals surface area contributed by atoms with Crippen molar-refractivity contribution in [1.82, 2.24) is 9.38 Å². The van der Waals surface area contributed by atoms with Crippen LogP contribution in [0.4, 0.5) is 5.69 Å². The van der Waals surface area contributed by atoms with Gasteiger partial charge in [0.25, 0.3) is 11.5 Å². The van der Waals surface area contributed by atoms with E-state index in [2.05, 4.69) is 24.1 Å². The number of nitrogens with one attached hydrogen (secondary N) is 1. The average Bonchev–Trinajstić information content (AvgIpc) is 2.90. The van der Waals surface area contributed by atoms with E-state index in [1.54, 1.807) is 0 Å². The number of anilines is 1. The van der Waals surface area contributed by atoms with Crippen LogP contribution in [0.5, 0.6) is 0 Å². The highest BCUT2D eigenvalue weighted by atomic mass is 32.1. The van der Waals surface area contributed by atoms with Gasteiger partial charge in [0.05, 0.1) is 0 Å². The van der Waals surface area contributed by atoms with Crippen LogP contribution < -0.4 is 10.9 Å². The topological polar surface area (TPSA) is 63.5 Å². The third-order valence-corrected chi connectivity index (χ3v) is 4.65. The predicted molar refractivity (Wildman–Crippen MR) is 92.6 cm³/mol. The molecule has 5 nitrogen and oxygen atoms in total. The summed E-state index contributed by atoms with van der Waals surface area (Å²) >= 11 is 1.38. The van der Waals surface area contributed by atoms with Crippen molar-refractivity contribution < 1.29 is 4.79 Å². The minimum Gasteiger partial charge on any atom is -0.322 e. The van der Waals surface area contributed by atoms with Gasteiger partial charge in [-0.1, -0.05) is 26.0 Å². The van der Waals surface area contributed by atoms with E-state index in [-0.39, 0.29) is 11.1 Å². The third-order valence-electron chi connectivity index (χ3n) is 3.70. The maximum Gasteiger partial charge on any atom is 0.271 e. The van der Waals surface area contributed by atoms with Gasteiger partial charge in [0, 0.05) is 23.0 Å². The van der Waals surface area contributed by atoms with Crippen LogP contribution in [0.25, 0.3) is 4.96 Å². The number of fused-ring (bicyclic) bond motifs is 1. The molecule has 0 saturated carbocycles. The van der Waals surface area contributed by atoms with E-state index in [4.69, 9.17) is 0 Å². The Morgan fingerprint density at radius 2 is 1.96 bits per heavy atom. The van der Waals surface area contributed by atoms with Crippen molar-refractivity contribution in [2.75, 3.05) is 5.32 Å². The number of aromatic nitrogens is 2. The molecule has 23 heavy (non-hydrogen) atoms. The molecule has 3 rings (SSSR count). The second-order valence-electron chi connectivity index (χ2n) is 5.70. The SMILES string of the molecule is Cc1csc2ncc(C(=O)Nc3ccc(C(C)C)cc3)c(=O)n12. The van der Waals surface area contributed by atoms with Crippen molar-refractivity contribution in [2.24, 2.45) is 0 Å². The van der Waals surface area contributed by atoms with E-state index in [1.807, 2.05) is 36.6 Å². The fourth-order valence-corrected chi connectivity index (χ4v) is 3.16. The molecule has 0 radical (unpaired) electrons. The van der Waals surface area contributed by atoms with Gasteiger partial charge in [0.2, 0.25) is 0 Å². The number of benzene rings is 1. The van der Waals surface area contributed by atoms with Crippen molar-refractivity contribution in [1.29, 1.82) is 0 Å². The van der Waals surface area contributed by atoms with Gasteiger partial charge in [-0.05, 0) is 30.5 Å². The first-order valence-corrected chi connectivity index (χ1v) is 8.22. The Labute approximate surface area is 137 Å². The summed E-state index contributed by atoms with van der Waals surface area (Å²) in [7, 11) is 0. The van der Waals surface area contributed by atoms with Crippen molar-refractivity contribution in [3.63, 3.8) is 0 Å². The molecule has 0 saturated heterocycles. The largest absolute Gasteiger partial charge is 0.322 e. The second kappa shape index (κ2) is 5.96. The lowest BCUT2D eigenvalue weighted by Crippen LogP contribution is -2.26. The van der Waals surface area contributed by atoms with Gasteiger partial charge >= 0.3 is 0 Å². The number of nitrogens with zero attached hydrogens (tertiary/aromatic N) is 2. The molecule has 0 aliphatic carbocycles. The minimum absolute atomic E-state index is 0.0388. The highest BCUT2D eigenvalue weighted by Crippen LogP contribution is 2.17. The summed E-state index contributed by atoms with van der Waals surface area (Å²) in [6.45, 7) is 6.04. The highest BCUT2D eigenvalue weighted by Gasteiger charge is 2.15. The molecule has 0 aliphatic rings. The fraction of sp³-hybridized carbons (Fsp3) is 0.235. The van der Waals surface area contributed by atoms with E-state index in [9.17, 15) is 9.59 Å². The first-order valence-electron chi connectivity index (χ1n) is 7.34. The van der Waals surface area contributed by atoms with Crippen LogP contribution in [0.15, 0.2) is 40.6 Å². The third kappa shape index (κ3) is 2.90. The molecular weight excluding hydrogens is 310 g/mol. The zero-order valence-electron chi connectivity index (χ0n) is 13.2. The van der Waals surface area contributed by atoms with Crippen LogP contribution in [0.1, 0.15) is 41.4 Å². The molecule has 2 heterocycles. The molecule has 1 N–H and O–H groups in total. The van der Waals surface area contributed by atoms with Crippen LogP contribution in [0.3, 0.4) is 0 Å². The number of hydrogen-bond donors (Lipinski definition) is 1. The van der Waals surface area contributed by atoms with Crippen LogP contribution in [-0.4, -0.2) is 15.3 Å². The Balaban J connectivity index is 1.90. The smallest absolute Gasteiger partial charge is 0.271 e. The normalized spacial score (nSPS) is 11.1. The molecule has 1 aromatic carbocycles. The Morgan fingerprint density at radius 1 is 1.26 bits per heavy atom. The first kappa shape index (κ1) is 15.4. The fourth-order valence-electron chi connectivity index (χ4n) is 2.33. The summed E-state index contributed by atoms with van der Waals surface area (Å²) in [5.41, 5.74) is 2.33.